The van der Waals surface area contributed by atoms with E-state index in [-0.39, 0.29) is 0 Å². The number of allylic oxidation sites excluding steroid dienone is 1. The maximum absolute atomic E-state index is 5.62. The zero-order chi connectivity index (χ0) is 10.8. The first-order valence-corrected chi connectivity index (χ1v) is 5.14. The minimum absolute atomic E-state index is 0.607. The molecule has 1 aliphatic rings. The molecular formula is C13H16N2. The summed E-state index contributed by atoms with van der Waals surface area (Å²) in [6, 6.07) is 6.40. The van der Waals surface area contributed by atoms with Crippen molar-refractivity contribution in [2.75, 3.05) is 7.05 Å². The molecule has 2 heteroatoms. The third-order valence-corrected chi connectivity index (χ3v) is 2.84. The molecule has 1 aromatic rings. The van der Waals surface area contributed by atoms with E-state index in [9.17, 15) is 0 Å². The van der Waals surface area contributed by atoms with Crippen LogP contribution in [0.5, 0.6) is 0 Å². The van der Waals surface area contributed by atoms with Gasteiger partial charge >= 0.3 is 0 Å². The maximum Gasteiger partial charge on any atom is 0.0300 e. The number of likely N-dealkylation sites (N-methyl/N-ethyl adjacent to an activating group) is 1. The third-order valence-electron chi connectivity index (χ3n) is 2.84. The summed E-state index contributed by atoms with van der Waals surface area (Å²) in [5, 5.41) is 3.08. The van der Waals surface area contributed by atoms with Gasteiger partial charge in [-0.2, -0.15) is 0 Å². The fourth-order valence-corrected chi connectivity index (χ4v) is 1.88. The van der Waals surface area contributed by atoms with Gasteiger partial charge in [0.15, 0.2) is 0 Å². The quantitative estimate of drug-likeness (QED) is 0.781. The number of fused-ring (bicyclic) bond motifs is 1. The summed E-state index contributed by atoms with van der Waals surface area (Å²) in [4.78, 5) is 0. The van der Waals surface area contributed by atoms with Crippen LogP contribution in [0, 0.1) is 0 Å². The van der Waals surface area contributed by atoms with Crippen LogP contribution in [0.1, 0.15) is 16.7 Å². The van der Waals surface area contributed by atoms with Gasteiger partial charge in [-0.25, -0.2) is 0 Å². The Morgan fingerprint density at radius 3 is 3.00 bits per heavy atom. The smallest absolute Gasteiger partial charge is 0.0300 e. The number of rotatable bonds is 3. The average Bonchev–Trinajstić information content (AvgIpc) is 2.70. The van der Waals surface area contributed by atoms with Crippen LogP contribution in [0.15, 0.2) is 36.0 Å². The molecule has 0 aromatic heterocycles. The molecule has 0 bridgehead atoms. The van der Waals surface area contributed by atoms with Crippen molar-refractivity contribution < 1.29 is 0 Å². The molecule has 0 fully saturated rings. The summed E-state index contributed by atoms with van der Waals surface area (Å²) >= 11 is 0. The largest absolute Gasteiger partial charge is 0.388 e. The predicted molar refractivity (Wildman–Crippen MR) is 64.2 cm³/mol. The zero-order valence-corrected chi connectivity index (χ0v) is 9.01. The molecule has 0 saturated carbocycles. The Kier molecular flexibility index (Phi) is 2.60. The van der Waals surface area contributed by atoms with E-state index in [1.54, 1.807) is 0 Å². The molecule has 0 saturated heterocycles. The van der Waals surface area contributed by atoms with E-state index >= 15 is 0 Å². The topological polar surface area (TPSA) is 38.0 Å². The number of benzene rings is 1. The minimum atomic E-state index is 0.607. The molecule has 15 heavy (non-hydrogen) atoms. The first kappa shape index (κ1) is 9.99. The number of nitrogens with one attached hydrogen (secondary N) is 1. The van der Waals surface area contributed by atoms with Crippen LogP contribution in [0.4, 0.5) is 0 Å². The van der Waals surface area contributed by atoms with Crippen LogP contribution in [-0.2, 0) is 13.0 Å². The predicted octanol–water partition coefficient (Wildman–Crippen LogP) is 1.82. The lowest BCUT2D eigenvalue weighted by Gasteiger charge is -2.05. The summed E-state index contributed by atoms with van der Waals surface area (Å²) in [6.45, 7) is 4.58. The molecule has 1 aliphatic carbocycles. The van der Waals surface area contributed by atoms with Crippen molar-refractivity contribution in [1.82, 2.24) is 5.32 Å². The summed E-state index contributed by atoms with van der Waals surface area (Å²) in [7, 11) is 1.90. The molecule has 0 unspecified atom stereocenters. The number of hydrogen-bond acceptors (Lipinski definition) is 2. The maximum atomic E-state index is 5.62. The van der Waals surface area contributed by atoms with Crippen LogP contribution < -0.4 is 11.1 Å². The van der Waals surface area contributed by atoms with E-state index in [1.807, 2.05) is 7.05 Å². The van der Waals surface area contributed by atoms with Gasteiger partial charge in [-0.15, -0.1) is 0 Å². The van der Waals surface area contributed by atoms with Crippen LogP contribution in [0.25, 0.3) is 6.08 Å². The van der Waals surface area contributed by atoms with Crippen LogP contribution in [0.3, 0.4) is 0 Å². The van der Waals surface area contributed by atoms with Crippen molar-refractivity contribution in [2.45, 2.75) is 13.0 Å². The average molecular weight is 200 g/mol. The monoisotopic (exact) mass is 200 g/mol. The lowest BCUT2D eigenvalue weighted by Crippen LogP contribution is -2.06. The SMILES string of the molecule is C=C(NC)C1=Cc2ccc(CN)cc2C1. The van der Waals surface area contributed by atoms with E-state index in [0.717, 1.165) is 12.1 Å². The Hall–Kier alpha value is -1.54. The van der Waals surface area contributed by atoms with Crippen LogP contribution >= 0.6 is 0 Å². The van der Waals surface area contributed by atoms with E-state index in [1.165, 1.54) is 22.3 Å². The highest BCUT2D eigenvalue weighted by Crippen LogP contribution is 2.28. The summed E-state index contributed by atoms with van der Waals surface area (Å²) in [5.41, 5.74) is 11.7. The number of hydrogen-bond donors (Lipinski definition) is 2. The van der Waals surface area contributed by atoms with E-state index in [2.05, 4.69) is 36.2 Å². The van der Waals surface area contributed by atoms with Gasteiger partial charge in [0.1, 0.15) is 0 Å². The second kappa shape index (κ2) is 3.91. The molecule has 0 amide bonds. The van der Waals surface area contributed by atoms with Crippen molar-refractivity contribution in [2.24, 2.45) is 5.73 Å². The summed E-state index contributed by atoms with van der Waals surface area (Å²) < 4.78 is 0. The lowest BCUT2D eigenvalue weighted by atomic mass is 10.1. The van der Waals surface area contributed by atoms with Gasteiger partial charge in [0.05, 0.1) is 0 Å². The van der Waals surface area contributed by atoms with Crippen molar-refractivity contribution in [3.05, 3.63) is 52.7 Å². The van der Waals surface area contributed by atoms with E-state index < -0.39 is 0 Å². The van der Waals surface area contributed by atoms with Gasteiger partial charge in [-0.1, -0.05) is 24.8 Å². The van der Waals surface area contributed by atoms with Crippen LogP contribution in [0.2, 0.25) is 0 Å². The van der Waals surface area contributed by atoms with E-state index in [4.69, 9.17) is 5.73 Å². The molecule has 2 rings (SSSR count). The van der Waals surface area contributed by atoms with Gasteiger partial charge in [-0.3, -0.25) is 0 Å². The normalized spacial score (nSPS) is 13.3. The standard InChI is InChI=1S/C13H16N2/c1-9(15-2)12-6-11-4-3-10(8-14)5-13(11)7-12/h3-6,15H,1,7-8,14H2,2H3. The first-order valence-electron chi connectivity index (χ1n) is 5.14. The van der Waals surface area contributed by atoms with Crippen molar-refractivity contribution >= 4 is 6.08 Å². The van der Waals surface area contributed by atoms with Gasteiger partial charge in [0.25, 0.3) is 0 Å². The third kappa shape index (κ3) is 1.81. The molecule has 0 radical (unpaired) electrons. The highest BCUT2D eigenvalue weighted by molar-refractivity contribution is 5.68. The molecule has 0 heterocycles. The molecule has 2 nitrogen and oxygen atoms in total. The number of nitrogens with two attached hydrogens (primary N) is 1. The minimum Gasteiger partial charge on any atom is -0.388 e. The first-order chi connectivity index (χ1) is 7.24. The fraction of sp³-hybridized carbons (Fsp3) is 0.231. The molecule has 1 aromatic carbocycles. The lowest BCUT2D eigenvalue weighted by molar-refractivity contribution is 0.985. The second-order valence-electron chi connectivity index (χ2n) is 3.81. The highest BCUT2D eigenvalue weighted by Gasteiger charge is 2.14. The molecule has 0 atom stereocenters. The molecule has 0 spiro atoms. The Morgan fingerprint density at radius 1 is 1.53 bits per heavy atom. The van der Waals surface area contributed by atoms with Gasteiger partial charge in [0.2, 0.25) is 0 Å². The molecule has 3 N–H and O–H groups in total. The van der Waals surface area contributed by atoms with Gasteiger partial charge < -0.3 is 11.1 Å². The molecule has 0 aliphatic heterocycles. The Balaban J connectivity index is 2.28. The molecule has 78 valence electrons. The van der Waals surface area contributed by atoms with Gasteiger partial charge in [-0.05, 0) is 28.3 Å². The van der Waals surface area contributed by atoms with Crippen molar-refractivity contribution in [3.8, 4) is 0 Å². The van der Waals surface area contributed by atoms with Crippen molar-refractivity contribution in [1.29, 1.82) is 0 Å². The molecular weight excluding hydrogens is 184 g/mol. The van der Waals surface area contributed by atoms with Crippen LogP contribution in [-0.4, -0.2) is 7.05 Å². The second-order valence-corrected chi connectivity index (χ2v) is 3.81. The Labute approximate surface area is 90.5 Å². The summed E-state index contributed by atoms with van der Waals surface area (Å²) in [5.74, 6) is 0. The van der Waals surface area contributed by atoms with E-state index in [0.29, 0.717) is 6.54 Å². The highest BCUT2D eigenvalue weighted by atomic mass is 14.8. The Bertz CT molecular complexity index is 430. The summed E-state index contributed by atoms with van der Waals surface area (Å²) in [6.07, 6.45) is 3.15. The zero-order valence-electron chi connectivity index (χ0n) is 9.01. The Morgan fingerprint density at radius 2 is 2.33 bits per heavy atom. The fourth-order valence-electron chi connectivity index (χ4n) is 1.88. The van der Waals surface area contributed by atoms with Crippen molar-refractivity contribution in [3.63, 3.8) is 0 Å². The van der Waals surface area contributed by atoms with Gasteiger partial charge in [0, 0.05) is 25.7 Å².